The van der Waals surface area contributed by atoms with Gasteiger partial charge in [-0.25, -0.2) is 29.9 Å². The highest BCUT2D eigenvalue weighted by Gasteiger charge is 2.29. The van der Waals surface area contributed by atoms with Crippen LogP contribution in [0.25, 0.3) is 168 Å². The molecule has 0 fully saturated rings. The predicted octanol–water partition coefficient (Wildman–Crippen LogP) is 23.6. The van der Waals surface area contributed by atoms with Crippen LogP contribution in [0.3, 0.4) is 0 Å². The molecule has 0 atom stereocenters. The van der Waals surface area contributed by atoms with Crippen LogP contribution in [-0.2, 0) is 11.8 Å². The summed E-state index contributed by atoms with van der Waals surface area (Å²) in [6.45, 7) is 6.84. The smallest absolute Gasteiger partial charge is 0.164 e. The zero-order chi connectivity index (χ0) is 76.0. The van der Waals surface area contributed by atoms with Gasteiger partial charge in [-0.1, -0.05) is 226 Å². The van der Waals surface area contributed by atoms with Gasteiger partial charge in [0.1, 0.15) is 0 Å². The summed E-state index contributed by atoms with van der Waals surface area (Å²) in [7, 11) is 0. The summed E-state index contributed by atoms with van der Waals surface area (Å²) >= 11 is 0. The maximum Gasteiger partial charge on any atom is 0.164 e. The van der Waals surface area contributed by atoms with Crippen molar-refractivity contribution in [3.8, 4) is 148 Å². The van der Waals surface area contributed by atoms with Crippen LogP contribution in [0.4, 0.5) is 0 Å². The summed E-state index contributed by atoms with van der Waals surface area (Å²) in [4.78, 5) is 31.1. The Balaban J connectivity index is 0.767. The van der Waals surface area contributed by atoms with E-state index in [9.17, 15) is 21.0 Å². The lowest BCUT2D eigenvalue weighted by atomic mass is 9.79. The zero-order valence-electron chi connectivity index (χ0n) is 61.4. The lowest BCUT2D eigenvalue weighted by Gasteiger charge is -2.26. The van der Waals surface area contributed by atoms with E-state index in [0.29, 0.717) is 57.2 Å². The van der Waals surface area contributed by atoms with Crippen molar-refractivity contribution in [3.05, 3.63) is 360 Å². The Hall–Kier alpha value is -15.3. The molecule has 0 aliphatic heterocycles. The number of nitrogens with zero attached hydrogens (tertiary/aromatic N) is 12. The second-order valence-corrected chi connectivity index (χ2v) is 28.8. The van der Waals surface area contributed by atoms with Crippen molar-refractivity contribution in [1.82, 2.24) is 39.0 Å². The van der Waals surface area contributed by atoms with Crippen LogP contribution in [0.1, 0.15) is 59.2 Å². The summed E-state index contributed by atoms with van der Waals surface area (Å²) in [6.07, 6.45) is 1.60. The highest BCUT2D eigenvalue weighted by atomic mass is 15.1. The third kappa shape index (κ3) is 12.8. The Bertz CT molecular complexity index is 6630. The van der Waals surface area contributed by atoms with Gasteiger partial charge in [-0.3, -0.25) is 0 Å². The first-order valence-corrected chi connectivity index (χ1v) is 37.2. The molecule has 0 bridgehead atoms. The number of hydrogen-bond acceptors (Lipinski definition) is 10. The quantitative estimate of drug-likeness (QED) is 0.0902. The van der Waals surface area contributed by atoms with E-state index in [2.05, 4.69) is 157 Å². The molecule has 0 spiro atoms. The first-order chi connectivity index (χ1) is 54.9. The van der Waals surface area contributed by atoms with E-state index in [1.165, 1.54) is 11.1 Å². The summed E-state index contributed by atoms with van der Waals surface area (Å²) in [5, 5.41) is 45.1. The molecule has 18 rings (SSSR count). The van der Waals surface area contributed by atoms with Gasteiger partial charge in [-0.05, 0) is 174 Å². The number of hydrogen-bond donors (Lipinski definition) is 0. The lowest BCUT2D eigenvalue weighted by molar-refractivity contribution is 0.480. The standard InChI is InChI=1S/C100H66N12/c1-63-28-47-89-85(52-63)86-53-64(37-48-90(86)112(89)93-83(71-42-33-67(61-103)34-43-71)56-78(57-84(93)72-44-35-68(62-104)36-45-72)99-109-96(75-22-12-6-13-23-75)106-97(110-99)76-24-14-7-15-25-76)50-51-100(2,3)79-46-49-91-87(58-79)80-26-16-17-27-88(80)111(91)92-81(69-38-29-65(59-101)30-39-69)54-77(55-82(92)70-40-31-66(60-102)32-41-70)98-107-94(73-18-8-4-9-19-73)105-95(108-98)74-20-10-5-11-21-74/h4-49,52-58H,50-51H2,1-3H3. The number of aromatic nitrogens is 8. The number of rotatable bonds is 16. The predicted molar refractivity (Wildman–Crippen MR) is 448 cm³/mol. The van der Waals surface area contributed by atoms with Crippen LogP contribution in [0.15, 0.2) is 322 Å². The van der Waals surface area contributed by atoms with Crippen LogP contribution in [0.5, 0.6) is 0 Å². The van der Waals surface area contributed by atoms with Gasteiger partial charge in [-0.2, -0.15) is 21.0 Å². The molecular formula is C100H66N12. The molecule has 18 aromatic rings. The molecular weight excluding hydrogens is 1370 g/mol. The molecule has 12 nitrogen and oxygen atoms in total. The molecule has 0 radical (unpaired) electrons. The molecule has 0 saturated carbocycles. The molecule has 14 aromatic carbocycles. The summed E-state index contributed by atoms with van der Waals surface area (Å²) in [5.41, 5.74) is 23.3. The van der Waals surface area contributed by atoms with Gasteiger partial charge in [-0.15, -0.1) is 0 Å². The van der Waals surface area contributed by atoms with Gasteiger partial charge in [0, 0.05) is 77.2 Å². The second kappa shape index (κ2) is 28.8. The van der Waals surface area contributed by atoms with E-state index >= 15 is 0 Å². The van der Waals surface area contributed by atoms with E-state index in [1.807, 2.05) is 218 Å². The molecule has 0 aliphatic rings. The third-order valence-corrected chi connectivity index (χ3v) is 21.4. The van der Waals surface area contributed by atoms with Crippen molar-refractivity contribution >= 4 is 43.6 Å². The molecule has 0 saturated heterocycles. The highest BCUT2D eigenvalue weighted by molar-refractivity contribution is 6.13. The van der Waals surface area contributed by atoms with Crippen molar-refractivity contribution in [3.63, 3.8) is 0 Å². The first kappa shape index (κ1) is 68.5. The Morgan fingerprint density at radius 1 is 0.277 bits per heavy atom. The fourth-order valence-electron chi connectivity index (χ4n) is 15.5. The van der Waals surface area contributed by atoms with Gasteiger partial charge in [0.25, 0.3) is 0 Å². The molecule has 0 aliphatic carbocycles. The number of para-hydroxylation sites is 1. The average molecular weight is 1440 g/mol. The Morgan fingerprint density at radius 2 is 0.580 bits per heavy atom. The minimum absolute atomic E-state index is 0.322. The Kier molecular flexibility index (Phi) is 17.6. The van der Waals surface area contributed by atoms with Crippen molar-refractivity contribution in [2.75, 3.05) is 0 Å². The summed E-state index contributed by atoms with van der Waals surface area (Å²) < 4.78 is 4.77. The lowest BCUT2D eigenvalue weighted by Crippen LogP contribution is -2.18. The van der Waals surface area contributed by atoms with Crippen LogP contribution in [0, 0.1) is 52.2 Å². The van der Waals surface area contributed by atoms with Gasteiger partial charge in [0.15, 0.2) is 34.9 Å². The first-order valence-electron chi connectivity index (χ1n) is 37.2. The maximum absolute atomic E-state index is 10.2. The van der Waals surface area contributed by atoms with E-state index < -0.39 is 0 Å². The summed E-state index contributed by atoms with van der Waals surface area (Å²) in [5.74, 6) is 3.13. The minimum Gasteiger partial charge on any atom is -0.308 e. The van der Waals surface area contributed by atoms with Gasteiger partial charge >= 0.3 is 0 Å². The summed E-state index contributed by atoms with van der Waals surface area (Å²) in [6, 6.07) is 118. The van der Waals surface area contributed by atoms with Crippen molar-refractivity contribution in [2.24, 2.45) is 0 Å². The molecule has 0 amide bonds. The zero-order valence-corrected chi connectivity index (χ0v) is 61.4. The molecule has 112 heavy (non-hydrogen) atoms. The molecule has 0 unspecified atom stereocenters. The molecule has 4 heterocycles. The molecule has 12 heteroatoms. The molecule has 526 valence electrons. The van der Waals surface area contributed by atoms with Crippen molar-refractivity contribution in [2.45, 2.75) is 39.0 Å². The molecule has 0 N–H and O–H groups in total. The number of fused-ring (bicyclic) bond motifs is 6. The number of nitriles is 4. The third-order valence-electron chi connectivity index (χ3n) is 21.4. The van der Waals surface area contributed by atoms with Gasteiger partial charge < -0.3 is 9.13 Å². The van der Waals surface area contributed by atoms with Gasteiger partial charge in [0.05, 0.1) is 80.0 Å². The highest BCUT2D eigenvalue weighted by Crippen LogP contribution is 2.48. The second-order valence-electron chi connectivity index (χ2n) is 28.8. The van der Waals surface area contributed by atoms with E-state index in [0.717, 1.165) is 151 Å². The van der Waals surface area contributed by atoms with E-state index in [1.54, 1.807) is 0 Å². The normalized spacial score (nSPS) is 11.4. The maximum atomic E-state index is 10.2. The Labute approximate surface area is 647 Å². The van der Waals surface area contributed by atoms with Crippen LogP contribution < -0.4 is 0 Å². The van der Waals surface area contributed by atoms with Gasteiger partial charge in [0.2, 0.25) is 0 Å². The number of aryl methyl sites for hydroxylation is 2. The van der Waals surface area contributed by atoms with E-state index in [4.69, 9.17) is 29.9 Å². The van der Waals surface area contributed by atoms with Crippen LogP contribution in [0.2, 0.25) is 0 Å². The molecule has 4 aromatic heterocycles. The largest absolute Gasteiger partial charge is 0.308 e. The SMILES string of the molecule is Cc1ccc2c(c1)c1cc(CCC(C)(C)c3ccc4c(c3)c3ccccc3n4-c3c(-c4ccc(C#N)cc4)cc(-c4nc(-c5ccccc5)nc(-c5ccccc5)n4)cc3-c3ccc(C#N)cc3)ccc1n2-c1c(-c2ccc(C#N)cc2)cc(-c2nc(-c3ccccc3)nc(-c3ccccc3)n2)cc1-c1ccc(C#N)cc1. The van der Waals surface area contributed by atoms with Crippen LogP contribution >= 0.6 is 0 Å². The monoisotopic (exact) mass is 1430 g/mol. The van der Waals surface area contributed by atoms with E-state index in [-0.39, 0.29) is 5.41 Å². The number of benzene rings is 14. The topological polar surface area (TPSA) is 182 Å². The fraction of sp³-hybridized carbons (Fsp3) is 0.0600. The minimum atomic E-state index is -0.322. The van der Waals surface area contributed by atoms with Crippen molar-refractivity contribution < 1.29 is 0 Å². The Morgan fingerprint density at radius 3 is 0.946 bits per heavy atom. The average Bonchev–Trinajstić information content (AvgIpc) is 1.53. The fourth-order valence-corrected chi connectivity index (χ4v) is 15.5. The van der Waals surface area contributed by atoms with Crippen molar-refractivity contribution in [1.29, 1.82) is 21.0 Å². The van der Waals surface area contributed by atoms with Crippen LogP contribution in [-0.4, -0.2) is 39.0 Å².